The lowest BCUT2D eigenvalue weighted by Gasteiger charge is -2.25. The number of hydrogen-bond donors (Lipinski definition) is 2. The molecule has 21 heavy (non-hydrogen) atoms. The van der Waals surface area contributed by atoms with Crippen LogP contribution in [-0.2, 0) is 0 Å². The molecule has 4 heteroatoms. The monoisotopic (exact) mass is 290 g/mol. The van der Waals surface area contributed by atoms with Crippen LogP contribution >= 0.6 is 0 Å². The summed E-state index contributed by atoms with van der Waals surface area (Å²) < 4.78 is 0. The summed E-state index contributed by atoms with van der Waals surface area (Å²) >= 11 is 0. The molecule has 1 aromatic rings. The van der Waals surface area contributed by atoms with Crippen LogP contribution in [0.3, 0.4) is 0 Å². The van der Waals surface area contributed by atoms with Gasteiger partial charge in [-0.2, -0.15) is 0 Å². The molecule has 1 heterocycles. The Balaban J connectivity index is 1.79. The molecule has 0 saturated heterocycles. The van der Waals surface area contributed by atoms with Gasteiger partial charge in [0.2, 0.25) is 0 Å². The fourth-order valence-electron chi connectivity index (χ4n) is 3.06. The van der Waals surface area contributed by atoms with Crippen LogP contribution in [-0.4, -0.2) is 29.1 Å². The van der Waals surface area contributed by atoms with Crippen molar-refractivity contribution in [3.63, 3.8) is 0 Å². The van der Waals surface area contributed by atoms with E-state index in [1.807, 2.05) is 13.0 Å². The van der Waals surface area contributed by atoms with E-state index in [4.69, 9.17) is 0 Å². The summed E-state index contributed by atoms with van der Waals surface area (Å²) in [6.45, 7) is 2.58. The maximum Gasteiger partial charge on any atom is 0.252 e. The number of pyridine rings is 1. The predicted octanol–water partition coefficient (Wildman–Crippen LogP) is 2.70. The lowest BCUT2D eigenvalue weighted by molar-refractivity contribution is 0.0932. The number of aryl methyl sites for hydroxylation is 1. The standard InChI is InChI=1S/C17H26N2O2/c1-13-7-8-16(11-18-13)17(21)19-10-15(12-20)9-14-5-3-2-4-6-14/h7-8,11,14-15,20H,2-6,9-10,12H2,1H3,(H,19,21)/t15-/m1/s1. The van der Waals surface area contributed by atoms with E-state index in [9.17, 15) is 9.90 Å². The van der Waals surface area contributed by atoms with Crippen LogP contribution in [0.1, 0.15) is 54.6 Å². The van der Waals surface area contributed by atoms with E-state index >= 15 is 0 Å². The van der Waals surface area contributed by atoms with Gasteiger partial charge >= 0.3 is 0 Å². The zero-order chi connectivity index (χ0) is 15.1. The van der Waals surface area contributed by atoms with E-state index in [1.165, 1.54) is 32.1 Å². The third-order valence-electron chi connectivity index (χ3n) is 4.37. The predicted molar refractivity (Wildman–Crippen MR) is 83.1 cm³/mol. The van der Waals surface area contributed by atoms with Gasteiger partial charge in [-0.05, 0) is 37.3 Å². The van der Waals surface area contributed by atoms with Crippen molar-refractivity contribution in [3.8, 4) is 0 Å². The van der Waals surface area contributed by atoms with Gasteiger partial charge < -0.3 is 10.4 Å². The molecule has 2 N–H and O–H groups in total. The van der Waals surface area contributed by atoms with Gasteiger partial charge in [-0.3, -0.25) is 9.78 Å². The van der Waals surface area contributed by atoms with Gasteiger partial charge in [-0.15, -0.1) is 0 Å². The van der Waals surface area contributed by atoms with Crippen molar-refractivity contribution in [2.24, 2.45) is 11.8 Å². The highest BCUT2D eigenvalue weighted by molar-refractivity contribution is 5.93. The quantitative estimate of drug-likeness (QED) is 0.846. The molecule has 1 aromatic heterocycles. The van der Waals surface area contributed by atoms with Crippen molar-refractivity contribution >= 4 is 5.91 Å². The highest BCUT2D eigenvalue weighted by atomic mass is 16.3. The SMILES string of the molecule is Cc1ccc(C(=O)NC[C@H](CO)CC2CCCCC2)cn1. The number of aromatic nitrogens is 1. The molecule has 1 fully saturated rings. The first-order valence-corrected chi connectivity index (χ1v) is 8.00. The van der Waals surface area contributed by atoms with E-state index in [0.29, 0.717) is 18.0 Å². The Labute approximate surface area is 127 Å². The molecule has 1 saturated carbocycles. The number of carbonyl (C=O) groups excluding carboxylic acids is 1. The van der Waals surface area contributed by atoms with Gasteiger partial charge in [0.15, 0.2) is 0 Å². The van der Waals surface area contributed by atoms with Gasteiger partial charge in [-0.25, -0.2) is 0 Å². The van der Waals surface area contributed by atoms with Crippen molar-refractivity contribution < 1.29 is 9.90 Å². The molecule has 2 rings (SSSR count). The van der Waals surface area contributed by atoms with Gasteiger partial charge in [0, 0.05) is 25.0 Å². The van der Waals surface area contributed by atoms with Crippen LogP contribution in [0, 0.1) is 18.8 Å². The maximum absolute atomic E-state index is 12.0. The normalized spacial score (nSPS) is 17.4. The minimum atomic E-state index is -0.107. The van der Waals surface area contributed by atoms with Crippen LogP contribution in [0.4, 0.5) is 0 Å². The van der Waals surface area contributed by atoms with Crippen molar-refractivity contribution in [1.29, 1.82) is 0 Å². The summed E-state index contributed by atoms with van der Waals surface area (Å²) in [5, 5.41) is 12.4. The average molecular weight is 290 g/mol. The number of aliphatic hydroxyl groups excluding tert-OH is 1. The van der Waals surface area contributed by atoms with E-state index in [2.05, 4.69) is 10.3 Å². The molecule has 1 aliphatic carbocycles. The van der Waals surface area contributed by atoms with E-state index in [0.717, 1.165) is 12.1 Å². The second-order valence-electron chi connectivity index (χ2n) is 6.19. The number of rotatable bonds is 6. The molecule has 0 unspecified atom stereocenters. The van der Waals surface area contributed by atoms with Gasteiger partial charge in [-0.1, -0.05) is 32.1 Å². The van der Waals surface area contributed by atoms with Crippen LogP contribution in [0.5, 0.6) is 0 Å². The van der Waals surface area contributed by atoms with E-state index in [1.54, 1.807) is 12.3 Å². The van der Waals surface area contributed by atoms with Crippen LogP contribution < -0.4 is 5.32 Å². The van der Waals surface area contributed by atoms with Crippen molar-refractivity contribution in [1.82, 2.24) is 10.3 Å². The Bertz CT molecular complexity index is 439. The number of amides is 1. The molecule has 0 spiro atoms. The first-order valence-electron chi connectivity index (χ1n) is 8.00. The maximum atomic E-state index is 12.0. The van der Waals surface area contributed by atoms with Crippen molar-refractivity contribution in [2.45, 2.75) is 45.4 Å². The number of nitrogens with zero attached hydrogens (tertiary/aromatic N) is 1. The van der Waals surface area contributed by atoms with Crippen LogP contribution in [0.2, 0.25) is 0 Å². The highest BCUT2D eigenvalue weighted by Crippen LogP contribution is 2.28. The Morgan fingerprint density at radius 1 is 1.38 bits per heavy atom. The summed E-state index contributed by atoms with van der Waals surface area (Å²) in [7, 11) is 0. The highest BCUT2D eigenvalue weighted by Gasteiger charge is 2.19. The Morgan fingerprint density at radius 2 is 2.14 bits per heavy atom. The summed E-state index contributed by atoms with van der Waals surface area (Å²) in [6.07, 6.45) is 9.12. The molecule has 116 valence electrons. The average Bonchev–Trinajstić information content (AvgIpc) is 2.52. The molecule has 1 amide bonds. The zero-order valence-electron chi connectivity index (χ0n) is 12.8. The minimum Gasteiger partial charge on any atom is -0.396 e. The molecule has 0 radical (unpaired) electrons. The van der Waals surface area contributed by atoms with Gasteiger partial charge in [0.25, 0.3) is 5.91 Å². The van der Waals surface area contributed by atoms with Crippen molar-refractivity contribution in [2.75, 3.05) is 13.2 Å². The Hall–Kier alpha value is -1.42. The lowest BCUT2D eigenvalue weighted by atomic mass is 9.83. The molecular weight excluding hydrogens is 264 g/mol. The van der Waals surface area contributed by atoms with E-state index < -0.39 is 0 Å². The van der Waals surface area contributed by atoms with Crippen LogP contribution in [0.15, 0.2) is 18.3 Å². The number of hydrogen-bond acceptors (Lipinski definition) is 3. The first kappa shape index (κ1) is 16.0. The number of aliphatic hydroxyl groups is 1. The third kappa shape index (κ3) is 5.12. The fraction of sp³-hybridized carbons (Fsp3) is 0.647. The lowest BCUT2D eigenvalue weighted by Crippen LogP contribution is -2.32. The summed E-state index contributed by atoms with van der Waals surface area (Å²) in [6, 6.07) is 3.62. The molecule has 4 nitrogen and oxygen atoms in total. The second kappa shape index (κ2) is 8.13. The molecule has 0 aromatic carbocycles. The molecule has 1 aliphatic rings. The summed E-state index contributed by atoms with van der Waals surface area (Å²) in [5.74, 6) is 0.772. The number of nitrogens with one attached hydrogen (secondary N) is 1. The summed E-state index contributed by atoms with van der Waals surface area (Å²) in [4.78, 5) is 16.2. The fourth-order valence-corrected chi connectivity index (χ4v) is 3.06. The van der Waals surface area contributed by atoms with Gasteiger partial charge in [0.1, 0.15) is 0 Å². The zero-order valence-corrected chi connectivity index (χ0v) is 12.8. The third-order valence-corrected chi connectivity index (χ3v) is 4.37. The molecule has 1 atom stereocenters. The molecular formula is C17H26N2O2. The Morgan fingerprint density at radius 3 is 2.76 bits per heavy atom. The summed E-state index contributed by atoms with van der Waals surface area (Å²) in [5.41, 5.74) is 1.48. The first-order chi connectivity index (χ1) is 10.2. The number of carbonyl (C=O) groups is 1. The largest absolute Gasteiger partial charge is 0.396 e. The van der Waals surface area contributed by atoms with Crippen molar-refractivity contribution in [3.05, 3.63) is 29.6 Å². The van der Waals surface area contributed by atoms with Gasteiger partial charge in [0.05, 0.1) is 5.56 Å². The molecule has 0 bridgehead atoms. The van der Waals surface area contributed by atoms with Crippen LogP contribution in [0.25, 0.3) is 0 Å². The minimum absolute atomic E-state index is 0.107. The second-order valence-corrected chi connectivity index (χ2v) is 6.19. The smallest absolute Gasteiger partial charge is 0.252 e. The molecule has 0 aliphatic heterocycles. The Kier molecular flexibility index (Phi) is 6.18. The topological polar surface area (TPSA) is 62.2 Å². The van der Waals surface area contributed by atoms with E-state index in [-0.39, 0.29) is 18.4 Å².